The normalized spacial score (nSPS) is 12.5. The summed E-state index contributed by atoms with van der Waals surface area (Å²) in [5, 5.41) is 27.9. The molecule has 0 aliphatic heterocycles. The number of nitrogens with zero attached hydrogens (tertiary/aromatic N) is 12. The van der Waals surface area contributed by atoms with E-state index >= 15 is 0 Å². The second-order valence-corrected chi connectivity index (χ2v) is 13.4. The van der Waals surface area contributed by atoms with Gasteiger partial charge in [0.05, 0.1) is 11.4 Å². The fourth-order valence-electron chi connectivity index (χ4n) is 6.09. The molecule has 0 amide bonds. The van der Waals surface area contributed by atoms with E-state index in [2.05, 4.69) is 50.5 Å². The molecular weight excluding hydrogens is 834 g/mol. The van der Waals surface area contributed by atoms with Gasteiger partial charge >= 0.3 is 29.3 Å². The molecule has 0 spiro atoms. The van der Waals surface area contributed by atoms with E-state index in [9.17, 15) is 13.2 Å². The van der Waals surface area contributed by atoms with Gasteiger partial charge in [-0.1, -0.05) is 19.0 Å². The third-order valence-corrected chi connectivity index (χ3v) is 9.29. The quantitative estimate of drug-likeness (QED) is 0.171. The van der Waals surface area contributed by atoms with Gasteiger partial charge in [-0.15, -0.1) is 10.2 Å². The topological polar surface area (TPSA) is 302 Å². The molecule has 25 heteroatoms. The van der Waals surface area contributed by atoms with E-state index in [0.717, 1.165) is 51.6 Å². The Bertz CT molecular complexity index is 2750. The molecule has 0 radical (unpaired) electrons. The number of alkyl halides is 3. The number of imidazole rings is 2. The zero-order valence-corrected chi connectivity index (χ0v) is 34.4. The summed E-state index contributed by atoms with van der Waals surface area (Å²) in [4.78, 5) is 22.3. The lowest BCUT2D eigenvalue weighted by molar-refractivity contribution is -0.166. The van der Waals surface area contributed by atoms with Crippen molar-refractivity contribution in [1.29, 1.82) is 5.41 Å². The molecule has 1 aliphatic carbocycles. The minimum absolute atomic E-state index is 0. The fourth-order valence-corrected chi connectivity index (χ4v) is 6.09. The summed E-state index contributed by atoms with van der Waals surface area (Å²) in [6.45, 7) is 7.73. The van der Waals surface area contributed by atoms with Crippen LogP contribution >= 0.6 is 0 Å². The fraction of sp³-hybridized carbons (Fsp3) is 0.343. The molecule has 7 heterocycles. The second-order valence-electron chi connectivity index (χ2n) is 13.1. The first-order valence-corrected chi connectivity index (χ1v) is 18.8. The van der Waals surface area contributed by atoms with Gasteiger partial charge < -0.3 is 24.9 Å². The molecule has 316 valence electrons. The first-order valence-electron chi connectivity index (χ1n) is 17.5. The van der Waals surface area contributed by atoms with Gasteiger partial charge in [0.2, 0.25) is 11.7 Å². The predicted molar refractivity (Wildman–Crippen MR) is 210 cm³/mol. The maximum atomic E-state index is 13.3. The van der Waals surface area contributed by atoms with E-state index < -0.39 is 34.7 Å². The number of nitrogens with two attached hydrogens (primary N) is 1. The summed E-state index contributed by atoms with van der Waals surface area (Å²) in [6, 6.07) is 7.45. The molecule has 1 fully saturated rings. The Balaban J connectivity index is 0.000000240. The molecule has 8 rings (SSSR count). The first-order chi connectivity index (χ1) is 28.1. The molecule has 0 bridgehead atoms. The second kappa shape index (κ2) is 19.0. The zero-order chi connectivity index (χ0) is 43.2. The maximum absolute atomic E-state index is 13.3. The van der Waals surface area contributed by atoms with Crippen LogP contribution in [0.15, 0.2) is 41.2 Å². The maximum Gasteiger partial charge on any atom is 0.403 e. The van der Waals surface area contributed by atoms with Crippen LogP contribution in [0.1, 0.15) is 60.7 Å². The van der Waals surface area contributed by atoms with Gasteiger partial charge in [0.15, 0.2) is 22.9 Å². The summed E-state index contributed by atoms with van der Waals surface area (Å²) in [5.41, 5.74) is 12.4. The Labute approximate surface area is 345 Å². The number of aryl methyl sites for hydroxylation is 6. The van der Waals surface area contributed by atoms with Crippen LogP contribution in [-0.4, -0.2) is 93.9 Å². The van der Waals surface area contributed by atoms with Crippen LogP contribution in [0.3, 0.4) is 0 Å². The van der Waals surface area contributed by atoms with E-state index in [0.29, 0.717) is 40.2 Å². The van der Waals surface area contributed by atoms with Gasteiger partial charge in [0.1, 0.15) is 33.7 Å². The molecule has 0 aromatic carbocycles. The van der Waals surface area contributed by atoms with Crippen molar-refractivity contribution in [2.24, 2.45) is 19.8 Å². The molecule has 0 atom stereocenters. The number of nitrogens with one attached hydrogen (secondary N) is 1. The van der Waals surface area contributed by atoms with Gasteiger partial charge in [-0.2, -0.15) is 45.2 Å². The number of halogens is 3. The van der Waals surface area contributed by atoms with Gasteiger partial charge in [-0.05, 0) is 74.9 Å². The molecule has 1 aliphatic rings. The highest BCUT2D eigenvalue weighted by Gasteiger charge is 2.68. The molecule has 20 nitrogen and oxygen atoms in total. The van der Waals surface area contributed by atoms with E-state index in [-0.39, 0.29) is 35.9 Å². The summed E-state index contributed by atoms with van der Waals surface area (Å²) in [7, 11) is 3.73. The predicted octanol–water partition coefficient (Wildman–Crippen LogP) is 3.36. The number of hydrogen-bond donors (Lipinski definition) is 2. The number of amidine groups is 1. The van der Waals surface area contributed by atoms with Crippen molar-refractivity contribution in [3.05, 3.63) is 70.6 Å². The SMILES string of the molecule is CCc1cc(-c2noc(C3(C(F)(F)F)CC3)n2)cnc1-c1nc2cc(C)nnc2n1C.CCc1cc(C(=N)N)cnc1-c1nc2cc(C)nnc2n1C.O.O=S=O.O=S=O. The van der Waals surface area contributed by atoms with Gasteiger partial charge in [0, 0.05) is 37.6 Å². The van der Waals surface area contributed by atoms with E-state index in [1.807, 2.05) is 69.1 Å². The molecule has 0 saturated heterocycles. The number of rotatable bonds is 7. The molecule has 60 heavy (non-hydrogen) atoms. The molecule has 7 aromatic heterocycles. The minimum Gasteiger partial charge on any atom is -0.412 e. The number of nitrogen functional groups attached to an aromatic ring is 1. The Hall–Kier alpha value is -6.60. The summed E-state index contributed by atoms with van der Waals surface area (Å²) < 4.78 is 81.9. The molecule has 7 aromatic rings. The van der Waals surface area contributed by atoms with Crippen molar-refractivity contribution >= 4 is 51.3 Å². The summed E-state index contributed by atoms with van der Waals surface area (Å²) in [5.74, 6) is 1.08. The molecule has 1 saturated carbocycles. The van der Waals surface area contributed by atoms with Crippen molar-refractivity contribution < 1.29 is 40.0 Å². The van der Waals surface area contributed by atoms with E-state index in [1.54, 1.807) is 12.3 Å². The van der Waals surface area contributed by atoms with Gasteiger partial charge in [-0.25, -0.2) is 9.97 Å². The van der Waals surface area contributed by atoms with Crippen LogP contribution in [0.4, 0.5) is 13.2 Å². The third-order valence-electron chi connectivity index (χ3n) is 9.29. The number of hydrogen-bond acceptors (Lipinski definition) is 16. The zero-order valence-electron chi connectivity index (χ0n) is 32.7. The lowest BCUT2D eigenvalue weighted by Gasteiger charge is -2.13. The van der Waals surface area contributed by atoms with Crippen molar-refractivity contribution in [3.8, 4) is 34.4 Å². The van der Waals surface area contributed by atoms with Crippen LogP contribution < -0.4 is 5.73 Å². The largest absolute Gasteiger partial charge is 0.412 e. The van der Waals surface area contributed by atoms with E-state index in [4.69, 9.17) is 32.5 Å². The highest BCUT2D eigenvalue weighted by atomic mass is 32.1. The summed E-state index contributed by atoms with van der Waals surface area (Å²) in [6.07, 6.45) is 0.0441. The highest BCUT2D eigenvalue weighted by Crippen LogP contribution is 2.58. The Morgan fingerprint density at radius 3 is 1.70 bits per heavy atom. The summed E-state index contributed by atoms with van der Waals surface area (Å²) >= 11 is -1.50. The average Bonchev–Trinajstić information content (AvgIpc) is 3.63. The Kier molecular flexibility index (Phi) is 14.6. The smallest absolute Gasteiger partial charge is 0.403 e. The van der Waals surface area contributed by atoms with Crippen molar-refractivity contribution in [3.63, 3.8) is 0 Å². The third kappa shape index (κ3) is 9.31. The number of pyridine rings is 2. The van der Waals surface area contributed by atoms with Crippen LogP contribution in [-0.2, 0) is 55.5 Å². The van der Waals surface area contributed by atoms with Crippen LogP contribution in [0, 0.1) is 19.3 Å². The average molecular weight is 871 g/mol. The van der Waals surface area contributed by atoms with Crippen molar-refractivity contribution in [2.75, 3.05) is 0 Å². The van der Waals surface area contributed by atoms with Crippen LogP contribution in [0.5, 0.6) is 0 Å². The molecule has 5 N–H and O–H groups in total. The number of aromatic nitrogens is 12. The lowest BCUT2D eigenvalue weighted by atomic mass is 10.1. The lowest BCUT2D eigenvalue weighted by Crippen LogP contribution is -2.28. The van der Waals surface area contributed by atoms with Gasteiger partial charge in [-0.3, -0.25) is 15.4 Å². The Morgan fingerprint density at radius 2 is 1.27 bits per heavy atom. The standard InChI is InChI=1S/C20H18F3N7O.C15H17N7.2O2S.H2O/c1-4-11-8-12(15-26-18(31-29-15)19(5-6-19)20(21,22)23)9-24-14(11)17-25-13-7-10(2)27-28-16(13)30(17)3;1-4-9-6-10(13(16)17)7-18-12(9)15-19-11-5-8(2)20-21-14(11)22(15)3;2*1-3-2;/h7-9H,4-6H2,1-3H3;5-7H,4H2,1-3H3,(H3,16,17);;;1H2. The minimum atomic E-state index is -4.41. The van der Waals surface area contributed by atoms with E-state index in [1.165, 1.54) is 6.20 Å². The molecule has 0 unspecified atom stereocenters. The van der Waals surface area contributed by atoms with Crippen LogP contribution in [0.2, 0.25) is 0 Å². The first kappa shape index (κ1) is 46.1. The Morgan fingerprint density at radius 1 is 0.800 bits per heavy atom. The van der Waals surface area contributed by atoms with Crippen LogP contribution in [0.25, 0.3) is 56.8 Å². The van der Waals surface area contributed by atoms with Crippen molar-refractivity contribution in [2.45, 2.75) is 65.0 Å². The highest BCUT2D eigenvalue weighted by molar-refractivity contribution is 7.51. The van der Waals surface area contributed by atoms with Gasteiger partial charge in [0.25, 0.3) is 0 Å². The monoisotopic (exact) mass is 870 g/mol. The molecular formula is C35H37F3N14O6S2. The number of fused-ring (bicyclic) bond motifs is 2. The van der Waals surface area contributed by atoms with Crippen molar-refractivity contribution in [1.82, 2.24) is 59.6 Å².